The van der Waals surface area contributed by atoms with E-state index in [1.54, 1.807) is 24.3 Å². The highest BCUT2D eigenvalue weighted by Gasteiger charge is 2.32. The first-order chi connectivity index (χ1) is 11.4. The molecule has 2 aromatic rings. The third kappa shape index (κ3) is 5.11. The van der Waals surface area contributed by atoms with Gasteiger partial charge in [0.15, 0.2) is 6.61 Å². The second-order valence-corrected chi connectivity index (χ2v) is 4.72. The van der Waals surface area contributed by atoms with Crippen molar-refractivity contribution in [1.82, 2.24) is 15.3 Å². The van der Waals surface area contributed by atoms with Gasteiger partial charge in [0.2, 0.25) is 5.95 Å². The monoisotopic (exact) mass is 340 g/mol. The van der Waals surface area contributed by atoms with E-state index in [9.17, 15) is 18.0 Å². The minimum Gasteiger partial charge on any atom is -0.484 e. The van der Waals surface area contributed by atoms with Crippen molar-refractivity contribution in [2.75, 3.05) is 19.0 Å². The smallest absolute Gasteiger partial charge is 0.433 e. The van der Waals surface area contributed by atoms with E-state index in [0.717, 1.165) is 17.8 Å². The molecule has 0 spiro atoms. The minimum atomic E-state index is -4.51. The van der Waals surface area contributed by atoms with Gasteiger partial charge in [0.1, 0.15) is 11.4 Å². The van der Waals surface area contributed by atoms with Crippen molar-refractivity contribution in [2.24, 2.45) is 0 Å². The Labute approximate surface area is 136 Å². The lowest BCUT2D eigenvalue weighted by atomic mass is 10.2. The average Bonchev–Trinajstić information content (AvgIpc) is 2.58. The van der Waals surface area contributed by atoms with Crippen LogP contribution in [0.15, 0.2) is 36.5 Å². The fraction of sp³-hybridized carbons (Fsp3) is 0.267. The van der Waals surface area contributed by atoms with Gasteiger partial charge in [-0.3, -0.25) is 4.79 Å². The quantitative estimate of drug-likeness (QED) is 0.843. The number of carbonyl (C=O) groups is 1. The number of halogens is 3. The number of nitrogens with zero attached hydrogens (tertiary/aromatic N) is 2. The van der Waals surface area contributed by atoms with Gasteiger partial charge in [-0.15, -0.1) is 0 Å². The van der Waals surface area contributed by atoms with Crippen molar-refractivity contribution < 1.29 is 22.7 Å². The van der Waals surface area contributed by atoms with Crippen molar-refractivity contribution in [1.29, 1.82) is 0 Å². The van der Waals surface area contributed by atoms with Crippen LogP contribution < -0.4 is 15.4 Å². The first kappa shape index (κ1) is 17.5. The molecule has 1 aromatic carbocycles. The van der Waals surface area contributed by atoms with Crippen LogP contribution in [0.2, 0.25) is 0 Å². The number of nitrogens with one attached hydrogen (secondary N) is 2. The topological polar surface area (TPSA) is 76.1 Å². The largest absolute Gasteiger partial charge is 0.484 e. The number of rotatable bonds is 6. The van der Waals surface area contributed by atoms with Crippen LogP contribution in [-0.4, -0.2) is 29.5 Å². The van der Waals surface area contributed by atoms with Crippen molar-refractivity contribution in [3.63, 3.8) is 0 Å². The predicted molar refractivity (Wildman–Crippen MR) is 80.4 cm³/mol. The summed E-state index contributed by atoms with van der Waals surface area (Å²) in [6.07, 6.45) is -3.46. The summed E-state index contributed by atoms with van der Waals surface area (Å²) in [7, 11) is 1.51. The number of likely N-dealkylation sites (N-methyl/N-ethyl adjacent to an activating group) is 1. The van der Waals surface area contributed by atoms with Gasteiger partial charge < -0.3 is 15.4 Å². The molecule has 9 heteroatoms. The summed E-state index contributed by atoms with van der Waals surface area (Å²) >= 11 is 0. The van der Waals surface area contributed by atoms with E-state index < -0.39 is 11.9 Å². The highest BCUT2D eigenvalue weighted by atomic mass is 19.4. The fourth-order valence-electron chi connectivity index (χ4n) is 1.71. The Bertz CT molecular complexity index is 690. The van der Waals surface area contributed by atoms with E-state index in [4.69, 9.17) is 4.74 Å². The van der Waals surface area contributed by atoms with Crippen LogP contribution >= 0.6 is 0 Å². The highest BCUT2D eigenvalue weighted by molar-refractivity contribution is 5.77. The maximum Gasteiger partial charge on any atom is 0.433 e. The van der Waals surface area contributed by atoms with Gasteiger partial charge in [0, 0.05) is 19.8 Å². The first-order valence-electron chi connectivity index (χ1n) is 6.95. The van der Waals surface area contributed by atoms with Gasteiger partial charge in [-0.1, -0.05) is 12.1 Å². The Morgan fingerprint density at radius 3 is 2.54 bits per heavy atom. The molecule has 0 radical (unpaired) electrons. The molecule has 1 heterocycles. The Kier molecular flexibility index (Phi) is 5.56. The molecule has 0 aliphatic heterocycles. The van der Waals surface area contributed by atoms with Crippen LogP contribution in [-0.2, 0) is 17.5 Å². The van der Waals surface area contributed by atoms with Gasteiger partial charge in [-0.25, -0.2) is 9.97 Å². The molecule has 2 rings (SSSR count). The standard InChI is InChI=1S/C15H15F3N4O2/c1-19-13(23)9-24-11-4-2-10(3-5-11)8-21-14-20-7-6-12(22-14)15(16,17)18/h2-7H,8-9H2,1H3,(H,19,23)(H,20,21,22). The summed E-state index contributed by atoms with van der Waals surface area (Å²) in [6.45, 7) is 0.156. The molecule has 0 unspecified atom stereocenters. The average molecular weight is 340 g/mol. The number of hydrogen-bond acceptors (Lipinski definition) is 5. The van der Waals surface area contributed by atoms with Gasteiger partial charge in [0.25, 0.3) is 5.91 Å². The molecule has 1 amide bonds. The lowest BCUT2D eigenvalue weighted by Crippen LogP contribution is -2.24. The van der Waals surface area contributed by atoms with E-state index in [1.807, 2.05) is 0 Å². The van der Waals surface area contributed by atoms with Crippen molar-refractivity contribution >= 4 is 11.9 Å². The van der Waals surface area contributed by atoms with Crippen molar-refractivity contribution in [3.05, 3.63) is 47.8 Å². The van der Waals surface area contributed by atoms with Crippen LogP contribution in [0.4, 0.5) is 19.1 Å². The van der Waals surface area contributed by atoms with Gasteiger partial charge in [-0.2, -0.15) is 13.2 Å². The summed E-state index contributed by atoms with van der Waals surface area (Å²) in [4.78, 5) is 18.2. The zero-order valence-corrected chi connectivity index (χ0v) is 12.7. The molecule has 0 aliphatic rings. The normalized spacial score (nSPS) is 11.0. The maximum atomic E-state index is 12.6. The second kappa shape index (κ2) is 7.62. The highest BCUT2D eigenvalue weighted by Crippen LogP contribution is 2.27. The Morgan fingerprint density at radius 1 is 1.21 bits per heavy atom. The fourth-order valence-corrected chi connectivity index (χ4v) is 1.71. The van der Waals surface area contributed by atoms with Crippen LogP contribution in [0.1, 0.15) is 11.3 Å². The van der Waals surface area contributed by atoms with Crippen LogP contribution in [0.5, 0.6) is 5.75 Å². The molecule has 0 bridgehead atoms. The molecule has 1 aromatic heterocycles. The second-order valence-electron chi connectivity index (χ2n) is 4.72. The predicted octanol–water partition coefficient (Wildman–Crippen LogP) is 2.23. The molecule has 0 fully saturated rings. The molecule has 128 valence electrons. The number of ether oxygens (including phenoxy) is 1. The summed E-state index contributed by atoms with van der Waals surface area (Å²) in [5.74, 6) is 0.157. The summed E-state index contributed by atoms with van der Waals surface area (Å²) < 4.78 is 43.0. The minimum absolute atomic E-state index is 0.0911. The number of anilines is 1. The third-order valence-electron chi connectivity index (χ3n) is 2.97. The van der Waals surface area contributed by atoms with Crippen LogP contribution in [0, 0.1) is 0 Å². The maximum absolute atomic E-state index is 12.6. The number of hydrogen-bond donors (Lipinski definition) is 2. The molecule has 0 aliphatic carbocycles. The molecule has 6 nitrogen and oxygen atoms in total. The molecular weight excluding hydrogens is 325 g/mol. The Morgan fingerprint density at radius 2 is 1.92 bits per heavy atom. The first-order valence-corrected chi connectivity index (χ1v) is 6.95. The molecule has 0 saturated carbocycles. The zero-order valence-electron chi connectivity index (χ0n) is 12.7. The third-order valence-corrected chi connectivity index (χ3v) is 2.97. The van der Waals surface area contributed by atoms with Crippen LogP contribution in [0.25, 0.3) is 0 Å². The summed E-state index contributed by atoms with van der Waals surface area (Å²) in [6, 6.07) is 7.57. The van der Waals surface area contributed by atoms with E-state index in [2.05, 4.69) is 20.6 Å². The molecule has 24 heavy (non-hydrogen) atoms. The van der Waals surface area contributed by atoms with Gasteiger partial charge >= 0.3 is 6.18 Å². The Hall–Kier alpha value is -2.84. The summed E-state index contributed by atoms with van der Waals surface area (Å²) in [5.41, 5.74) is -0.207. The lowest BCUT2D eigenvalue weighted by Gasteiger charge is -2.09. The van der Waals surface area contributed by atoms with Crippen LogP contribution in [0.3, 0.4) is 0 Å². The van der Waals surface area contributed by atoms with E-state index >= 15 is 0 Å². The Balaban J connectivity index is 1.92. The lowest BCUT2D eigenvalue weighted by molar-refractivity contribution is -0.141. The SMILES string of the molecule is CNC(=O)COc1ccc(CNc2nccc(C(F)(F)F)n2)cc1. The van der Waals surface area contributed by atoms with Crippen molar-refractivity contribution in [2.45, 2.75) is 12.7 Å². The number of alkyl halides is 3. The summed E-state index contributed by atoms with van der Waals surface area (Å²) in [5, 5.41) is 5.16. The molecular formula is C15H15F3N4O2. The zero-order chi connectivity index (χ0) is 17.6. The molecule has 2 N–H and O–H groups in total. The van der Waals surface area contributed by atoms with Gasteiger partial charge in [-0.05, 0) is 23.8 Å². The number of aromatic nitrogens is 2. The molecule has 0 atom stereocenters. The van der Waals surface area contributed by atoms with E-state index in [-0.39, 0.29) is 25.0 Å². The number of benzene rings is 1. The van der Waals surface area contributed by atoms with E-state index in [1.165, 1.54) is 7.05 Å². The van der Waals surface area contributed by atoms with E-state index in [0.29, 0.717) is 5.75 Å². The number of amides is 1. The number of carbonyl (C=O) groups excluding carboxylic acids is 1. The van der Waals surface area contributed by atoms with Gasteiger partial charge in [0.05, 0.1) is 0 Å². The molecule has 0 saturated heterocycles. The van der Waals surface area contributed by atoms with Crippen molar-refractivity contribution in [3.8, 4) is 5.75 Å².